The third-order valence-electron chi connectivity index (χ3n) is 5.29. The van der Waals surface area contributed by atoms with Crippen molar-refractivity contribution in [2.24, 2.45) is 5.10 Å². The molecule has 3 aromatic carbocycles. The van der Waals surface area contributed by atoms with Crippen molar-refractivity contribution >= 4 is 23.2 Å². The fraction of sp³-hybridized carbons (Fsp3) is 0.192. The summed E-state index contributed by atoms with van der Waals surface area (Å²) in [6, 6.07) is 28.0. The van der Waals surface area contributed by atoms with Crippen LogP contribution in [-0.4, -0.2) is 19.8 Å². The summed E-state index contributed by atoms with van der Waals surface area (Å²) in [5.41, 5.74) is 7.17. The van der Waals surface area contributed by atoms with E-state index in [0.717, 1.165) is 17.8 Å². The van der Waals surface area contributed by atoms with Crippen LogP contribution in [0.25, 0.3) is 6.08 Å². The Morgan fingerprint density at radius 1 is 0.862 bits per heavy atom. The van der Waals surface area contributed by atoms with E-state index in [0.29, 0.717) is 0 Å². The van der Waals surface area contributed by atoms with Crippen molar-refractivity contribution in [3.8, 4) is 0 Å². The lowest BCUT2D eigenvalue weighted by molar-refractivity contribution is 0.709. The summed E-state index contributed by atoms with van der Waals surface area (Å²) < 4.78 is 0. The van der Waals surface area contributed by atoms with Gasteiger partial charge in [-0.25, -0.2) is 0 Å². The number of hydrogen-bond acceptors (Lipinski definition) is 3. The van der Waals surface area contributed by atoms with Gasteiger partial charge in [-0.3, -0.25) is 5.01 Å². The predicted molar refractivity (Wildman–Crippen MR) is 125 cm³/mol. The first-order valence-electron chi connectivity index (χ1n) is 10.0. The maximum absolute atomic E-state index is 4.96. The van der Waals surface area contributed by atoms with Crippen LogP contribution in [0.4, 0.5) is 11.4 Å². The molecular formula is C26H27N3. The Bertz CT molecular complexity index is 1000. The summed E-state index contributed by atoms with van der Waals surface area (Å²) in [4.78, 5) is 2.12. The Morgan fingerprint density at radius 2 is 1.55 bits per heavy atom. The second-order valence-electron chi connectivity index (χ2n) is 7.72. The van der Waals surface area contributed by atoms with Gasteiger partial charge in [0.15, 0.2) is 0 Å². The van der Waals surface area contributed by atoms with Crippen molar-refractivity contribution in [1.29, 1.82) is 0 Å². The molecule has 1 heterocycles. The molecule has 1 aliphatic rings. The fourth-order valence-corrected chi connectivity index (χ4v) is 3.58. The largest absolute Gasteiger partial charge is 0.378 e. The topological polar surface area (TPSA) is 18.8 Å². The predicted octanol–water partition coefficient (Wildman–Crippen LogP) is 6.08. The minimum atomic E-state index is 0.200. The number of hydrazone groups is 1. The Kier molecular flexibility index (Phi) is 5.48. The van der Waals surface area contributed by atoms with Crippen LogP contribution in [0.3, 0.4) is 0 Å². The number of para-hydroxylation sites is 1. The summed E-state index contributed by atoms with van der Waals surface area (Å²) in [6.07, 6.45) is 5.19. The van der Waals surface area contributed by atoms with E-state index in [1.54, 1.807) is 0 Å². The van der Waals surface area contributed by atoms with Crippen molar-refractivity contribution in [3.63, 3.8) is 0 Å². The Labute approximate surface area is 173 Å². The molecule has 0 spiro atoms. The summed E-state index contributed by atoms with van der Waals surface area (Å²) in [6.45, 7) is 2.11. The first-order chi connectivity index (χ1) is 14.1. The van der Waals surface area contributed by atoms with E-state index < -0.39 is 0 Å². The lowest BCUT2D eigenvalue weighted by atomic mass is 10.0. The van der Waals surface area contributed by atoms with Gasteiger partial charge in [0.1, 0.15) is 0 Å². The van der Waals surface area contributed by atoms with Crippen LogP contribution in [0.2, 0.25) is 0 Å². The maximum Gasteiger partial charge on any atom is 0.0831 e. The molecule has 3 nitrogen and oxygen atoms in total. The molecule has 0 saturated carbocycles. The van der Waals surface area contributed by atoms with E-state index in [4.69, 9.17) is 5.10 Å². The standard InChI is InChI=1S/C26H27N3/c1-20-9-11-21(12-10-20)13-16-23-19-26(22-14-17-24(18-15-22)28(2)3)29(27-23)25-7-5-4-6-8-25/h4-18,26H,19H2,1-3H3. The van der Waals surface area contributed by atoms with Gasteiger partial charge in [-0.2, -0.15) is 5.10 Å². The number of benzene rings is 3. The quantitative estimate of drug-likeness (QED) is 0.533. The highest BCUT2D eigenvalue weighted by Gasteiger charge is 2.28. The molecule has 4 rings (SSSR count). The summed E-state index contributed by atoms with van der Waals surface area (Å²) in [5, 5.41) is 7.11. The minimum absolute atomic E-state index is 0.200. The first-order valence-corrected chi connectivity index (χ1v) is 10.0. The molecular weight excluding hydrogens is 354 g/mol. The van der Waals surface area contributed by atoms with Crippen LogP contribution in [0.5, 0.6) is 0 Å². The van der Waals surface area contributed by atoms with Crippen LogP contribution < -0.4 is 9.91 Å². The lowest BCUT2D eigenvalue weighted by Gasteiger charge is -2.24. The highest BCUT2D eigenvalue weighted by atomic mass is 15.5. The van der Waals surface area contributed by atoms with E-state index in [1.807, 2.05) is 6.07 Å². The van der Waals surface area contributed by atoms with Gasteiger partial charge in [-0.15, -0.1) is 0 Å². The van der Waals surface area contributed by atoms with Crippen molar-refractivity contribution in [2.45, 2.75) is 19.4 Å². The van der Waals surface area contributed by atoms with Crippen LogP contribution in [-0.2, 0) is 0 Å². The molecule has 29 heavy (non-hydrogen) atoms. The van der Waals surface area contributed by atoms with Crippen molar-refractivity contribution in [3.05, 3.63) is 102 Å². The zero-order valence-electron chi connectivity index (χ0n) is 17.3. The molecule has 0 bridgehead atoms. The number of hydrogen-bond donors (Lipinski definition) is 0. The second kappa shape index (κ2) is 8.36. The molecule has 0 radical (unpaired) electrons. The molecule has 0 saturated heterocycles. The number of allylic oxidation sites excluding steroid dienone is 1. The molecule has 146 valence electrons. The van der Waals surface area contributed by atoms with Gasteiger partial charge in [-0.1, -0.05) is 66.2 Å². The molecule has 3 heteroatoms. The highest BCUT2D eigenvalue weighted by Crippen LogP contribution is 2.36. The molecule has 3 aromatic rings. The number of aryl methyl sites for hydroxylation is 1. The molecule has 1 unspecified atom stereocenters. The normalized spacial score (nSPS) is 16.3. The number of anilines is 2. The van der Waals surface area contributed by atoms with E-state index in [2.05, 4.69) is 116 Å². The third kappa shape index (κ3) is 4.40. The van der Waals surface area contributed by atoms with E-state index in [1.165, 1.54) is 22.4 Å². The van der Waals surface area contributed by atoms with Gasteiger partial charge in [-0.05, 0) is 48.4 Å². The van der Waals surface area contributed by atoms with Gasteiger partial charge in [0.05, 0.1) is 17.4 Å². The maximum atomic E-state index is 4.96. The Morgan fingerprint density at radius 3 is 2.21 bits per heavy atom. The molecule has 0 aliphatic carbocycles. The third-order valence-corrected chi connectivity index (χ3v) is 5.29. The number of nitrogens with zero attached hydrogens (tertiary/aromatic N) is 3. The zero-order valence-corrected chi connectivity index (χ0v) is 17.3. The van der Waals surface area contributed by atoms with E-state index >= 15 is 0 Å². The summed E-state index contributed by atoms with van der Waals surface area (Å²) >= 11 is 0. The summed E-state index contributed by atoms with van der Waals surface area (Å²) in [5.74, 6) is 0. The summed E-state index contributed by atoms with van der Waals surface area (Å²) in [7, 11) is 4.13. The SMILES string of the molecule is Cc1ccc(C=CC2=NN(c3ccccc3)C(c3ccc(N(C)C)cc3)C2)cc1. The van der Waals surface area contributed by atoms with Gasteiger partial charge >= 0.3 is 0 Å². The smallest absolute Gasteiger partial charge is 0.0831 e. The molecule has 1 atom stereocenters. The molecule has 0 aromatic heterocycles. The van der Waals surface area contributed by atoms with Crippen LogP contribution in [0.15, 0.2) is 90.0 Å². The minimum Gasteiger partial charge on any atom is -0.378 e. The van der Waals surface area contributed by atoms with Gasteiger partial charge in [0.25, 0.3) is 0 Å². The molecule has 0 N–H and O–H groups in total. The van der Waals surface area contributed by atoms with Crippen LogP contribution in [0, 0.1) is 6.92 Å². The van der Waals surface area contributed by atoms with Gasteiger partial charge in [0, 0.05) is 26.2 Å². The average Bonchev–Trinajstić information content (AvgIpc) is 3.18. The molecule has 0 fully saturated rings. The van der Waals surface area contributed by atoms with Crippen molar-refractivity contribution in [1.82, 2.24) is 0 Å². The monoisotopic (exact) mass is 381 g/mol. The van der Waals surface area contributed by atoms with E-state index in [-0.39, 0.29) is 6.04 Å². The fourth-order valence-electron chi connectivity index (χ4n) is 3.58. The zero-order chi connectivity index (χ0) is 20.2. The van der Waals surface area contributed by atoms with Crippen molar-refractivity contribution in [2.75, 3.05) is 24.0 Å². The molecule has 0 amide bonds. The lowest BCUT2D eigenvalue weighted by Crippen LogP contribution is -2.18. The second-order valence-corrected chi connectivity index (χ2v) is 7.72. The van der Waals surface area contributed by atoms with Crippen LogP contribution >= 0.6 is 0 Å². The van der Waals surface area contributed by atoms with Gasteiger partial charge in [0.2, 0.25) is 0 Å². The molecule has 1 aliphatic heterocycles. The van der Waals surface area contributed by atoms with E-state index in [9.17, 15) is 0 Å². The highest BCUT2D eigenvalue weighted by molar-refractivity contribution is 6.01. The Balaban J connectivity index is 1.62. The first kappa shape index (κ1) is 19.0. The van der Waals surface area contributed by atoms with Gasteiger partial charge < -0.3 is 4.90 Å². The number of rotatable bonds is 5. The average molecular weight is 382 g/mol. The Hall–Kier alpha value is -3.33. The van der Waals surface area contributed by atoms with Crippen LogP contribution in [0.1, 0.15) is 29.2 Å². The van der Waals surface area contributed by atoms with Crippen molar-refractivity contribution < 1.29 is 0 Å².